The summed E-state index contributed by atoms with van der Waals surface area (Å²) in [7, 11) is 0. The van der Waals surface area contributed by atoms with E-state index in [9.17, 15) is 4.79 Å². The molecule has 0 fully saturated rings. The van der Waals surface area contributed by atoms with E-state index in [1.807, 2.05) is 0 Å². The van der Waals surface area contributed by atoms with Crippen LogP contribution in [0.5, 0.6) is 0 Å². The molecule has 0 spiro atoms. The Balaban J connectivity index is 2.96. The summed E-state index contributed by atoms with van der Waals surface area (Å²) in [6.07, 6.45) is 1.82. The van der Waals surface area contributed by atoms with E-state index in [-0.39, 0.29) is 5.56 Å². The third-order valence-corrected chi connectivity index (χ3v) is 2.48. The summed E-state index contributed by atoms with van der Waals surface area (Å²) in [5, 5.41) is 8.98. The molecule has 0 saturated carbocycles. The Labute approximate surface area is 95.7 Å². The molecule has 0 aliphatic rings. The third-order valence-electron chi connectivity index (χ3n) is 2.48. The fourth-order valence-electron chi connectivity index (χ4n) is 1.62. The van der Waals surface area contributed by atoms with Gasteiger partial charge in [-0.25, -0.2) is 14.8 Å². The molecule has 1 N–H and O–H groups in total. The second-order valence-electron chi connectivity index (χ2n) is 4.42. The lowest BCUT2D eigenvalue weighted by Crippen LogP contribution is -2.10. The van der Waals surface area contributed by atoms with Crippen molar-refractivity contribution in [2.75, 3.05) is 0 Å². The van der Waals surface area contributed by atoms with E-state index in [2.05, 4.69) is 23.8 Å². The number of rotatable bonds is 4. The van der Waals surface area contributed by atoms with Gasteiger partial charge < -0.3 is 5.11 Å². The normalized spacial score (nSPS) is 10.8. The van der Waals surface area contributed by atoms with Crippen LogP contribution >= 0.6 is 0 Å². The molecule has 1 aromatic heterocycles. The molecule has 1 heterocycles. The van der Waals surface area contributed by atoms with Crippen LogP contribution in [-0.2, 0) is 6.42 Å². The summed E-state index contributed by atoms with van der Waals surface area (Å²) in [4.78, 5) is 19.4. The van der Waals surface area contributed by atoms with E-state index in [0.717, 1.165) is 18.7 Å². The molecule has 4 nitrogen and oxygen atoms in total. The fraction of sp³-hybridized carbons (Fsp3) is 0.583. The Hall–Kier alpha value is -1.45. The van der Waals surface area contributed by atoms with E-state index in [1.54, 1.807) is 13.8 Å². The summed E-state index contributed by atoms with van der Waals surface area (Å²) in [5.74, 6) is 0.391. The summed E-state index contributed by atoms with van der Waals surface area (Å²) in [6, 6.07) is 0. The number of hydrogen-bond acceptors (Lipinski definition) is 3. The van der Waals surface area contributed by atoms with Crippen LogP contribution in [0.15, 0.2) is 0 Å². The summed E-state index contributed by atoms with van der Waals surface area (Å²) >= 11 is 0. The highest BCUT2D eigenvalue weighted by Crippen LogP contribution is 2.12. The first-order valence-electron chi connectivity index (χ1n) is 5.49. The van der Waals surface area contributed by atoms with Crippen LogP contribution in [0.3, 0.4) is 0 Å². The second kappa shape index (κ2) is 5.05. The summed E-state index contributed by atoms with van der Waals surface area (Å²) in [5.41, 5.74) is 1.34. The molecular weight excluding hydrogens is 204 g/mol. The standard InChI is InChI=1S/C12H18N2O2/c1-7(2)5-6-10-13-8(3)11(12(15)16)9(4)14-10/h7H,5-6H2,1-4H3,(H,15,16). The molecule has 0 aliphatic heterocycles. The van der Waals surface area contributed by atoms with Crippen molar-refractivity contribution in [2.45, 2.75) is 40.5 Å². The van der Waals surface area contributed by atoms with Crippen molar-refractivity contribution in [1.82, 2.24) is 9.97 Å². The SMILES string of the molecule is Cc1nc(CCC(C)C)nc(C)c1C(=O)O. The van der Waals surface area contributed by atoms with Crippen LogP contribution in [0, 0.1) is 19.8 Å². The minimum Gasteiger partial charge on any atom is -0.478 e. The van der Waals surface area contributed by atoms with Crippen molar-refractivity contribution < 1.29 is 9.90 Å². The second-order valence-corrected chi connectivity index (χ2v) is 4.42. The molecule has 0 unspecified atom stereocenters. The van der Waals surface area contributed by atoms with Crippen LogP contribution in [0.25, 0.3) is 0 Å². The number of carbonyl (C=O) groups is 1. The molecule has 1 rings (SSSR count). The predicted molar refractivity (Wildman–Crippen MR) is 61.6 cm³/mol. The van der Waals surface area contributed by atoms with Crippen LogP contribution in [0.1, 0.15) is 47.8 Å². The van der Waals surface area contributed by atoms with Gasteiger partial charge in [-0.1, -0.05) is 13.8 Å². The van der Waals surface area contributed by atoms with Gasteiger partial charge in [-0.2, -0.15) is 0 Å². The third kappa shape index (κ3) is 3.02. The molecule has 16 heavy (non-hydrogen) atoms. The Morgan fingerprint density at radius 2 is 1.75 bits per heavy atom. The molecule has 88 valence electrons. The largest absolute Gasteiger partial charge is 0.478 e. The Morgan fingerprint density at radius 1 is 1.25 bits per heavy atom. The van der Waals surface area contributed by atoms with Crippen molar-refractivity contribution in [3.05, 3.63) is 22.8 Å². The monoisotopic (exact) mass is 222 g/mol. The highest BCUT2D eigenvalue weighted by molar-refractivity contribution is 5.89. The Morgan fingerprint density at radius 3 is 2.12 bits per heavy atom. The van der Waals surface area contributed by atoms with Gasteiger partial charge >= 0.3 is 5.97 Å². The molecule has 1 aromatic rings. The average molecular weight is 222 g/mol. The number of carboxylic acids is 1. The van der Waals surface area contributed by atoms with Gasteiger partial charge in [0.05, 0.1) is 11.4 Å². The lowest BCUT2D eigenvalue weighted by atomic mass is 10.1. The summed E-state index contributed by atoms with van der Waals surface area (Å²) < 4.78 is 0. The molecular formula is C12H18N2O2. The molecule has 0 aliphatic carbocycles. The van der Waals surface area contributed by atoms with Crippen molar-refractivity contribution >= 4 is 5.97 Å². The van der Waals surface area contributed by atoms with E-state index < -0.39 is 5.97 Å². The van der Waals surface area contributed by atoms with Crippen molar-refractivity contribution in [2.24, 2.45) is 5.92 Å². The number of aromatic carboxylic acids is 1. The first-order valence-corrected chi connectivity index (χ1v) is 5.49. The smallest absolute Gasteiger partial charge is 0.339 e. The molecule has 0 radical (unpaired) electrons. The first kappa shape index (κ1) is 12.6. The minimum atomic E-state index is -0.953. The molecule has 4 heteroatoms. The number of nitrogens with zero attached hydrogens (tertiary/aromatic N) is 2. The fourth-order valence-corrected chi connectivity index (χ4v) is 1.62. The van der Waals surface area contributed by atoms with Gasteiger partial charge in [0.2, 0.25) is 0 Å². The van der Waals surface area contributed by atoms with E-state index in [4.69, 9.17) is 5.11 Å². The number of carboxylic acid groups (broad SMARTS) is 1. The van der Waals surface area contributed by atoms with Gasteiger partial charge in [0.1, 0.15) is 11.4 Å². The van der Waals surface area contributed by atoms with Crippen LogP contribution in [0.4, 0.5) is 0 Å². The maximum atomic E-state index is 10.9. The summed E-state index contributed by atoms with van der Waals surface area (Å²) in [6.45, 7) is 7.73. The zero-order chi connectivity index (χ0) is 12.3. The number of hydrogen-bond donors (Lipinski definition) is 1. The molecule has 0 bridgehead atoms. The van der Waals surface area contributed by atoms with Crippen molar-refractivity contribution in [3.63, 3.8) is 0 Å². The van der Waals surface area contributed by atoms with Gasteiger partial charge in [0.15, 0.2) is 0 Å². The van der Waals surface area contributed by atoms with E-state index in [1.165, 1.54) is 0 Å². The highest BCUT2D eigenvalue weighted by Gasteiger charge is 2.14. The molecule has 0 aromatic carbocycles. The molecule has 0 amide bonds. The van der Waals surface area contributed by atoms with Gasteiger partial charge in [-0.3, -0.25) is 0 Å². The quantitative estimate of drug-likeness (QED) is 0.849. The van der Waals surface area contributed by atoms with Gasteiger partial charge in [-0.05, 0) is 26.2 Å². The number of aryl methyl sites for hydroxylation is 3. The van der Waals surface area contributed by atoms with Gasteiger partial charge in [0, 0.05) is 6.42 Å². The highest BCUT2D eigenvalue weighted by atomic mass is 16.4. The first-order chi connectivity index (χ1) is 7.41. The average Bonchev–Trinajstić information content (AvgIpc) is 2.12. The Bertz CT molecular complexity index is 377. The zero-order valence-electron chi connectivity index (χ0n) is 10.2. The van der Waals surface area contributed by atoms with E-state index >= 15 is 0 Å². The molecule has 0 atom stereocenters. The maximum Gasteiger partial charge on any atom is 0.339 e. The zero-order valence-corrected chi connectivity index (χ0v) is 10.2. The van der Waals surface area contributed by atoms with Crippen molar-refractivity contribution in [1.29, 1.82) is 0 Å². The minimum absolute atomic E-state index is 0.230. The van der Waals surface area contributed by atoms with Gasteiger partial charge in [-0.15, -0.1) is 0 Å². The molecule has 0 saturated heterocycles. The van der Waals surface area contributed by atoms with Crippen LogP contribution in [0.2, 0.25) is 0 Å². The van der Waals surface area contributed by atoms with E-state index in [0.29, 0.717) is 17.3 Å². The predicted octanol–water partition coefficient (Wildman–Crippen LogP) is 2.38. The van der Waals surface area contributed by atoms with Crippen molar-refractivity contribution in [3.8, 4) is 0 Å². The van der Waals surface area contributed by atoms with Crippen LogP contribution in [-0.4, -0.2) is 21.0 Å². The maximum absolute atomic E-state index is 10.9. The Kier molecular flexibility index (Phi) is 3.99. The van der Waals surface area contributed by atoms with Gasteiger partial charge in [0.25, 0.3) is 0 Å². The lowest BCUT2D eigenvalue weighted by molar-refractivity contribution is 0.0694. The lowest BCUT2D eigenvalue weighted by Gasteiger charge is -2.08. The topological polar surface area (TPSA) is 63.1 Å². The number of aromatic nitrogens is 2. The van der Waals surface area contributed by atoms with Crippen LogP contribution < -0.4 is 0 Å².